The maximum atomic E-state index is 11.8. The molecule has 0 spiro atoms. The summed E-state index contributed by atoms with van der Waals surface area (Å²) in [6.45, 7) is 3.40. The maximum Gasteiger partial charge on any atom is 0.319 e. The number of aliphatic carboxylic acids is 1. The Morgan fingerprint density at radius 2 is 1.86 bits per heavy atom. The number of fused-ring (bicyclic) bond motifs is 2. The van der Waals surface area contributed by atoms with Crippen LogP contribution in [0.5, 0.6) is 0 Å². The van der Waals surface area contributed by atoms with Crippen molar-refractivity contribution < 1.29 is 9.90 Å². The number of carboxylic acid groups (broad SMARTS) is 1. The van der Waals surface area contributed by atoms with E-state index in [1.807, 2.05) is 22.8 Å². The molecule has 0 saturated heterocycles. The Balaban J connectivity index is 1.78. The number of carbonyl (C=O) groups is 1. The van der Waals surface area contributed by atoms with Crippen molar-refractivity contribution in [3.63, 3.8) is 0 Å². The van der Waals surface area contributed by atoms with Crippen LogP contribution < -0.4 is 0 Å². The molecule has 0 bridgehead atoms. The highest BCUT2D eigenvalue weighted by Crippen LogP contribution is 2.45. The lowest BCUT2D eigenvalue weighted by Crippen LogP contribution is -2.27. The minimum absolute atomic E-state index is 0.635. The largest absolute Gasteiger partial charge is 0.480 e. The maximum absolute atomic E-state index is 11.8. The van der Waals surface area contributed by atoms with Crippen molar-refractivity contribution in [3.8, 4) is 5.69 Å². The molecule has 6 heteroatoms. The summed E-state index contributed by atoms with van der Waals surface area (Å²) in [5, 5.41) is 12.7. The average Bonchev–Trinajstić information content (AvgIpc) is 3.48. The third-order valence-electron chi connectivity index (χ3n) is 5.44. The van der Waals surface area contributed by atoms with Crippen LogP contribution >= 0.6 is 11.8 Å². The summed E-state index contributed by atoms with van der Waals surface area (Å²) >= 11 is 1.24. The first-order valence-electron chi connectivity index (χ1n) is 9.73. The van der Waals surface area contributed by atoms with E-state index >= 15 is 0 Å². The number of rotatable bonds is 5. The molecule has 1 saturated carbocycles. The van der Waals surface area contributed by atoms with Gasteiger partial charge in [0, 0.05) is 11.6 Å². The zero-order valence-electron chi connectivity index (χ0n) is 16.3. The molecule has 5 rings (SSSR count). The fourth-order valence-electron chi connectivity index (χ4n) is 3.70. The highest BCUT2D eigenvalue weighted by molar-refractivity contribution is 8.01. The normalized spacial score (nSPS) is 14.6. The molecule has 0 aliphatic heterocycles. The molecule has 1 aliphatic rings. The molecule has 2 aromatic heterocycles. The molecule has 2 aromatic carbocycles. The molecular weight excluding hydrogens is 382 g/mol. The van der Waals surface area contributed by atoms with Crippen LogP contribution in [0.3, 0.4) is 0 Å². The molecule has 5 nitrogen and oxygen atoms in total. The highest BCUT2D eigenvalue weighted by atomic mass is 32.2. The van der Waals surface area contributed by atoms with E-state index in [1.54, 1.807) is 20.0 Å². The Kier molecular flexibility index (Phi) is 4.13. The SMILES string of the molecule is CC(C)(Sc1nc2cccnc2n1-c1ccc(C2CC2)c2ccccc12)C(=O)O. The number of pyridine rings is 1. The first-order chi connectivity index (χ1) is 14.0. The lowest BCUT2D eigenvalue weighted by Gasteiger charge is -2.19. The number of hydrogen-bond donors (Lipinski definition) is 1. The predicted octanol–water partition coefficient (Wildman–Crippen LogP) is 5.41. The van der Waals surface area contributed by atoms with Crippen LogP contribution in [0.2, 0.25) is 0 Å². The standard InChI is InChI=1S/C23H21N3O2S/c1-23(2,21(27)28)29-22-25-18-8-5-13-24-20(18)26(22)19-12-11-15(14-9-10-14)16-6-3-4-7-17(16)19/h3-8,11-14H,9-10H2,1-2H3,(H,27,28). The number of nitrogens with zero attached hydrogens (tertiary/aromatic N) is 3. The van der Waals surface area contributed by atoms with E-state index in [0.717, 1.165) is 22.2 Å². The molecular formula is C23H21N3O2S. The third-order valence-corrected chi connectivity index (χ3v) is 6.58. The summed E-state index contributed by atoms with van der Waals surface area (Å²) < 4.78 is 0.993. The molecule has 0 atom stereocenters. The topological polar surface area (TPSA) is 68.0 Å². The van der Waals surface area contributed by atoms with E-state index in [2.05, 4.69) is 35.3 Å². The third kappa shape index (κ3) is 3.08. The summed E-state index contributed by atoms with van der Waals surface area (Å²) in [6.07, 6.45) is 4.23. The van der Waals surface area contributed by atoms with Crippen molar-refractivity contribution in [1.29, 1.82) is 0 Å². The van der Waals surface area contributed by atoms with Gasteiger partial charge in [0.25, 0.3) is 0 Å². The van der Waals surface area contributed by atoms with E-state index in [-0.39, 0.29) is 0 Å². The number of carboxylic acids is 1. The van der Waals surface area contributed by atoms with Crippen LogP contribution in [0.1, 0.15) is 38.2 Å². The van der Waals surface area contributed by atoms with E-state index in [9.17, 15) is 9.90 Å². The number of hydrogen-bond acceptors (Lipinski definition) is 4. The van der Waals surface area contributed by atoms with E-state index < -0.39 is 10.7 Å². The van der Waals surface area contributed by atoms with E-state index in [4.69, 9.17) is 4.98 Å². The molecule has 1 N–H and O–H groups in total. The molecule has 146 valence electrons. The van der Waals surface area contributed by atoms with Gasteiger partial charge in [-0.3, -0.25) is 9.36 Å². The lowest BCUT2D eigenvalue weighted by atomic mass is 9.99. The second-order valence-corrected chi connectivity index (χ2v) is 9.58. The van der Waals surface area contributed by atoms with E-state index in [0.29, 0.717) is 11.1 Å². The zero-order valence-corrected chi connectivity index (χ0v) is 17.1. The Morgan fingerprint density at radius 1 is 1.10 bits per heavy atom. The second kappa shape index (κ2) is 6.59. The summed E-state index contributed by atoms with van der Waals surface area (Å²) in [4.78, 5) is 21.1. The quantitative estimate of drug-likeness (QED) is 0.452. The van der Waals surface area contributed by atoms with Crippen LogP contribution in [0, 0.1) is 0 Å². The van der Waals surface area contributed by atoms with Crippen LogP contribution in [0.15, 0.2) is 59.9 Å². The van der Waals surface area contributed by atoms with Gasteiger partial charge in [0.2, 0.25) is 0 Å². The van der Waals surface area contributed by atoms with Crippen LogP contribution in [0.25, 0.3) is 27.6 Å². The molecule has 2 heterocycles. The summed E-state index contributed by atoms with van der Waals surface area (Å²) in [7, 11) is 0. The molecule has 0 radical (unpaired) electrons. The van der Waals surface area contributed by atoms with Gasteiger partial charge in [0.05, 0.1) is 5.69 Å². The lowest BCUT2D eigenvalue weighted by molar-refractivity contribution is -0.138. The predicted molar refractivity (Wildman–Crippen MR) is 116 cm³/mol. The Morgan fingerprint density at radius 3 is 2.59 bits per heavy atom. The fraction of sp³-hybridized carbons (Fsp3) is 0.261. The van der Waals surface area contributed by atoms with Gasteiger partial charge in [0.15, 0.2) is 10.8 Å². The number of imidazole rings is 1. The molecule has 4 aromatic rings. The summed E-state index contributed by atoms with van der Waals surface area (Å²) in [5.74, 6) is -0.227. The minimum atomic E-state index is -1.01. The van der Waals surface area contributed by atoms with Crippen molar-refractivity contribution in [2.24, 2.45) is 0 Å². The Bertz CT molecular complexity index is 1260. The van der Waals surface area contributed by atoms with Crippen molar-refractivity contribution in [3.05, 3.63) is 60.3 Å². The van der Waals surface area contributed by atoms with Crippen molar-refractivity contribution >= 4 is 39.7 Å². The van der Waals surface area contributed by atoms with Crippen molar-refractivity contribution in [2.45, 2.75) is 42.5 Å². The molecule has 0 amide bonds. The zero-order chi connectivity index (χ0) is 20.2. The Hall–Kier alpha value is -2.86. The number of benzene rings is 2. The van der Waals surface area contributed by atoms with Gasteiger partial charge in [0.1, 0.15) is 10.3 Å². The first-order valence-corrected chi connectivity index (χ1v) is 10.6. The monoisotopic (exact) mass is 403 g/mol. The van der Waals surface area contributed by atoms with Crippen LogP contribution in [-0.2, 0) is 4.79 Å². The summed E-state index contributed by atoms with van der Waals surface area (Å²) in [6, 6.07) is 16.5. The molecule has 29 heavy (non-hydrogen) atoms. The molecule has 1 aliphatic carbocycles. The van der Waals surface area contributed by atoms with Gasteiger partial charge in [-0.2, -0.15) is 0 Å². The average molecular weight is 404 g/mol. The van der Waals surface area contributed by atoms with Gasteiger partial charge in [-0.15, -0.1) is 0 Å². The fourth-order valence-corrected chi connectivity index (χ4v) is 4.66. The highest BCUT2D eigenvalue weighted by Gasteiger charge is 2.32. The van der Waals surface area contributed by atoms with Gasteiger partial charge >= 0.3 is 5.97 Å². The molecule has 0 unspecified atom stereocenters. The van der Waals surface area contributed by atoms with Gasteiger partial charge < -0.3 is 5.11 Å². The van der Waals surface area contributed by atoms with Gasteiger partial charge in [-0.25, -0.2) is 9.97 Å². The smallest absolute Gasteiger partial charge is 0.319 e. The Labute approximate surface area is 172 Å². The number of aromatic nitrogens is 3. The second-order valence-electron chi connectivity index (χ2n) is 7.99. The molecule has 1 fully saturated rings. The van der Waals surface area contributed by atoms with Crippen LogP contribution in [-0.4, -0.2) is 30.4 Å². The van der Waals surface area contributed by atoms with Crippen molar-refractivity contribution in [1.82, 2.24) is 14.5 Å². The van der Waals surface area contributed by atoms with Crippen LogP contribution in [0.4, 0.5) is 0 Å². The number of thioether (sulfide) groups is 1. The van der Waals surface area contributed by atoms with Gasteiger partial charge in [-0.1, -0.05) is 42.1 Å². The van der Waals surface area contributed by atoms with Crippen molar-refractivity contribution in [2.75, 3.05) is 0 Å². The van der Waals surface area contributed by atoms with Gasteiger partial charge in [-0.05, 0) is 61.8 Å². The van der Waals surface area contributed by atoms with E-state index in [1.165, 1.54) is 35.6 Å². The minimum Gasteiger partial charge on any atom is -0.480 e. The summed E-state index contributed by atoms with van der Waals surface area (Å²) in [5.41, 5.74) is 3.86. The first kappa shape index (κ1) is 18.2.